The van der Waals surface area contributed by atoms with Gasteiger partial charge < -0.3 is 4.90 Å². The molecule has 98 valence electrons. The number of halogens is 2. The van der Waals surface area contributed by atoms with Crippen LogP contribution in [0.1, 0.15) is 37.0 Å². The number of carbonyl (C=O) groups excluding carboxylic acids is 1. The van der Waals surface area contributed by atoms with Crippen LogP contribution in [0, 0.1) is 5.92 Å². The molecule has 0 saturated heterocycles. The van der Waals surface area contributed by atoms with Gasteiger partial charge in [0.1, 0.15) is 10.3 Å². The number of amides is 1. The van der Waals surface area contributed by atoms with Gasteiger partial charge in [0.05, 0.1) is 5.56 Å². The largest absolute Gasteiger partial charge is 0.336 e. The van der Waals surface area contributed by atoms with Crippen molar-refractivity contribution in [2.24, 2.45) is 5.92 Å². The third kappa shape index (κ3) is 3.15. The third-order valence-electron chi connectivity index (χ3n) is 3.08. The summed E-state index contributed by atoms with van der Waals surface area (Å²) in [5.41, 5.74) is 0.426. The number of aromatic nitrogens is 1. The second kappa shape index (κ2) is 5.45. The first-order chi connectivity index (χ1) is 8.49. The van der Waals surface area contributed by atoms with Gasteiger partial charge in [0, 0.05) is 12.6 Å². The first-order valence-corrected chi connectivity index (χ1v) is 6.87. The summed E-state index contributed by atoms with van der Waals surface area (Å²) in [6, 6.07) is 3.39. The maximum Gasteiger partial charge on any atom is 0.257 e. The molecule has 1 aromatic rings. The quantitative estimate of drug-likeness (QED) is 0.792. The fourth-order valence-corrected chi connectivity index (χ4v) is 2.26. The molecule has 1 aliphatic rings. The Morgan fingerprint density at radius 3 is 2.61 bits per heavy atom. The Hall–Kier alpha value is -0.800. The number of carbonyl (C=O) groups is 1. The third-order valence-corrected chi connectivity index (χ3v) is 3.58. The predicted molar refractivity (Wildman–Crippen MR) is 73.2 cm³/mol. The minimum absolute atomic E-state index is 0.0638. The van der Waals surface area contributed by atoms with E-state index in [2.05, 4.69) is 4.98 Å². The van der Waals surface area contributed by atoms with Gasteiger partial charge in [0.15, 0.2) is 0 Å². The van der Waals surface area contributed by atoms with Gasteiger partial charge in [-0.25, -0.2) is 4.98 Å². The zero-order valence-electron chi connectivity index (χ0n) is 10.5. The second-order valence-electron chi connectivity index (χ2n) is 4.97. The molecule has 1 fully saturated rings. The van der Waals surface area contributed by atoms with Gasteiger partial charge in [-0.05, 0) is 44.7 Å². The van der Waals surface area contributed by atoms with E-state index in [0.29, 0.717) is 16.6 Å². The summed E-state index contributed by atoms with van der Waals surface area (Å²) >= 11 is 11.7. The lowest BCUT2D eigenvalue weighted by Crippen LogP contribution is -2.38. The Morgan fingerprint density at radius 1 is 1.44 bits per heavy atom. The van der Waals surface area contributed by atoms with E-state index in [0.717, 1.165) is 6.54 Å². The molecule has 1 aromatic heterocycles. The van der Waals surface area contributed by atoms with Crippen molar-refractivity contribution in [1.82, 2.24) is 9.88 Å². The summed E-state index contributed by atoms with van der Waals surface area (Å²) in [5, 5.41) is 0.476. The van der Waals surface area contributed by atoms with E-state index in [1.807, 2.05) is 18.7 Å². The predicted octanol–water partition coefficient (Wildman–Crippen LogP) is 3.65. The fourth-order valence-electron chi connectivity index (χ4n) is 1.83. The molecule has 2 rings (SSSR count). The Morgan fingerprint density at radius 2 is 2.11 bits per heavy atom. The molecule has 1 heterocycles. The zero-order valence-corrected chi connectivity index (χ0v) is 12.0. The molecule has 1 aliphatic carbocycles. The molecule has 0 radical (unpaired) electrons. The minimum Gasteiger partial charge on any atom is -0.336 e. The summed E-state index contributed by atoms with van der Waals surface area (Å²) in [6.45, 7) is 4.82. The molecular weight excluding hydrogens is 271 g/mol. The number of pyridine rings is 1. The Balaban J connectivity index is 2.20. The molecule has 1 amide bonds. The van der Waals surface area contributed by atoms with Crippen molar-refractivity contribution in [2.45, 2.75) is 32.7 Å². The fraction of sp³-hybridized carbons (Fsp3) is 0.538. The average molecular weight is 287 g/mol. The topological polar surface area (TPSA) is 33.2 Å². The molecule has 0 atom stereocenters. The van der Waals surface area contributed by atoms with E-state index < -0.39 is 0 Å². The average Bonchev–Trinajstić information content (AvgIpc) is 3.08. The van der Waals surface area contributed by atoms with Crippen molar-refractivity contribution in [3.8, 4) is 0 Å². The Labute approximate surface area is 117 Å². The van der Waals surface area contributed by atoms with Crippen LogP contribution in [0.4, 0.5) is 0 Å². The van der Waals surface area contributed by atoms with E-state index in [1.165, 1.54) is 12.8 Å². The smallest absolute Gasteiger partial charge is 0.257 e. The number of hydrogen-bond acceptors (Lipinski definition) is 2. The van der Waals surface area contributed by atoms with Crippen LogP contribution in [0.25, 0.3) is 0 Å². The lowest BCUT2D eigenvalue weighted by atomic mass is 10.2. The molecule has 1 saturated carbocycles. The highest BCUT2D eigenvalue weighted by atomic mass is 35.5. The summed E-state index contributed by atoms with van der Waals surface area (Å²) in [6.07, 6.45) is 2.42. The second-order valence-corrected chi connectivity index (χ2v) is 5.71. The van der Waals surface area contributed by atoms with Crippen molar-refractivity contribution in [1.29, 1.82) is 0 Å². The van der Waals surface area contributed by atoms with Gasteiger partial charge >= 0.3 is 0 Å². The summed E-state index contributed by atoms with van der Waals surface area (Å²) in [7, 11) is 0. The van der Waals surface area contributed by atoms with E-state index in [9.17, 15) is 4.79 Å². The molecule has 0 bridgehead atoms. The van der Waals surface area contributed by atoms with Gasteiger partial charge in [-0.1, -0.05) is 23.2 Å². The van der Waals surface area contributed by atoms with E-state index in [1.54, 1.807) is 12.1 Å². The molecule has 0 aromatic carbocycles. The number of hydrogen-bond donors (Lipinski definition) is 0. The maximum atomic E-state index is 12.4. The lowest BCUT2D eigenvalue weighted by Gasteiger charge is -2.27. The first-order valence-electron chi connectivity index (χ1n) is 6.12. The van der Waals surface area contributed by atoms with Gasteiger partial charge in [0.25, 0.3) is 5.91 Å². The zero-order chi connectivity index (χ0) is 13.3. The van der Waals surface area contributed by atoms with Crippen LogP contribution in [0.2, 0.25) is 10.3 Å². The first kappa shape index (κ1) is 13.6. The Bertz CT molecular complexity index is 458. The van der Waals surface area contributed by atoms with Crippen molar-refractivity contribution < 1.29 is 4.79 Å². The van der Waals surface area contributed by atoms with Crippen LogP contribution in [0.15, 0.2) is 12.1 Å². The van der Waals surface area contributed by atoms with Crippen LogP contribution >= 0.6 is 23.2 Å². The van der Waals surface area contributed by atoms with Crippen molar-refractivity contribution in [3.05, 3.63) is 28.0 Å². The summed E-state index contributed by atoms with van der Waals surface area (Å²) in [4.78, 5) is 18.2. The minimum atomic E-state index is -0.0638. The van der Waals surface area contributed by atoms with Crippen LogP contribution in [-0.4, -0.2) is 28.4 Å². The molecule has 3 nitrogen and oxygen atoms in total. The highest BCUT2D eigenvalue weighted by molar-refractivity contribution is 6.34. The molecule has 0 N–H and O–H groups in total. The van der Waals surface area contributed by atoms with Crippen LogP contribution < -0.4 is 0 Å². The lowest BCUT2D eigenvalue weighted by molar-refractivity contribution is 0.0696. The monoisotopic (exact) mass is 286 g/mol. The standard InChI is InChI=1S/C13H16Cl2N2O/c1-8(2)17(7-9-3-4-9)13(18)10-5-6-11(14)16-12(10)15/h5-6,8-9H,3-4,7H2,1-2H3. The molecule has 18 heavy (non-hydrogen) atoms. The molecular formula is C13H16Cl2N2O. The highest BCUT2D eigenvalue weighted by Crippen LogP contribution is 2.31. The molecule has 0 spiro atoms. The number of rotatable bonds is 4. The van der Waals surface area contributed by atoms with Crippen LogP contribution in [0.3, 0.4) is 0 Å². The van der Waals surface area contributed by atoms with Gasteiger partial charge in [-0.2, -0.15) is 0 Å². The van der Waals surface area contributed by atoms with Crippen LogP contribution in [0.5, 0.6) is 0 Å². The van der Waals surface area contributed by atoms with Crippen molar-refractivity contribution in [2.75, 3.05) is 6.54 Å². The van der Waals surface area contributed by atoms with E-state index in [4.69, 9.17) is 23.2 Å². The van der Waals surface area contributed by atoms with Gasteiger partial charge in [0.2, 0.25) is 0 Å². The van der Waals surface area contributed by atoms with E-state index >= 15 is 0 Å². The normalized spacial score (nSPS) is 14.9. The van der Waals surface area contributed by atoms with Gasteiger partial charge in [-0.15, -0.1) is 0 Å². The molecule has 5 heteroatoms. The Kier molecular flexibility index (Phi) is 4.13. The number of nitrogens with zero attached hydrogens (tertiary/aromatic N) is 2. The SMILES string of the molecule is CC(C)N(CC1CC1)C(=O)c1ccc(Cl)nc1Cl. The molecule has 0 unspecified atom stereocenters. The highest BCUT2D eigenvalue weighted by Gasteiger charge is 2.29. The summed E-state index contributed by atoms with van der Waals surface area (Å²) in [5.74, 6) is 0.585. The molecule has 0 aliphatic heterocycles. The van der Waals surface area contributed by atoms with E-state index in [-0.39, 0.29) is 17.1 Å². The maximum absolute atomic E-state index is 12.4. The van der Waals surface area contributed by atoms with Gasteiger partial charge in [-0.3, -0.25) is 4.79 Å². The van der Waals surface area contributed by atoms with Crippen LogP contribution in [-0.2, 0) is 0 Å². The van der Waals surface area contributed by atoms with Crippen molar-refractivity contribution in [3.63, 3.8) is 0 Å². The summed E-state index contributed by atoms with van der Waals surface area (Å²) < 4.78 is 0. The van der Waals surface area contributed by atoms with Crippen molar-refractivity contribution >= 4 is 29.1 Å².